The van der Waals surface area contributed by atoms with Gasteiger partial charge in [-0.2, -0.15) is 10.2 Å². The summed E-state index contributed by atoms with van der Waals surface area (Å²) in [5.41, 5.74) is 5.03. The Morgan fingerprint density at radius 2 is 2.11 bits per heavy atom. The van der Waals surface area contributed by atoms with Crippen LogP contribution >= 0.6 is 11.3 Å². The molecule has 0 bridgehead atoms. The molecule has 0 aliphatic rings. The van der Waals surface area contributed by atoms with E-state index in [-0.39, 0.29) is 6.04 Å². The van der Waals surface area contributed by atoms with Crippen molar-refractivity contribution in [2.45, 2.75) is 6.04 Å². The molecule has 3 aromatic rings. The molecule has 0 fully saturated rings. The molecule has 0 radical (unpaired) electrons. The number of fused-ring (bicyclic) bond motifs is 1. The number of nitrogens with one attached hydrogen (secondary N) is 1. The SMILES string of the molecule is NNC(c1ccnnc1)c1cccc2ccsc12. The Balaban J connectivity index is 2.15. The number of rotatable bonds is 3. The van der Waals surface area contributed by atoms with E-state index in [9.17, 15) is 0 Å². The van der Waals surface area contributed by atoms with Gasteiger partial charge in [0.15, 0.2) is 0 Å². The zero-order valence-corrected chi connectivity index (χ0v) is 10.4. The fourth-order valence-corrected chi connectivity index (χ4v) is 3.03. The van der Waals surface area contributed by atoms with Crippen molar-refractivity contribution in [1.82, 2.24) is 15.6 Å². The van der Waals surface area contributed by atoms with E-state index in [2.05, 4.69) is 39.2 Å². The summed E-state index contributed by atoms with van der Waals surface area (Å²) < 4.78 is 1.25. The first-order valence-corrected chi connectivity index (χ1v) is 6.47. The molecule has 0 saturated heterocycles. The number of hydrogen-bond donors (Lipinski definition) is 2. The number of aromatic nitrogens is 2. The molecule has 0 aliphatic heterocycles. The van der Waals surface area contributed by atoms with E-state index >= 15 is 0 Å². The van der Waals surface area contributed by atoms with Crippen molar-refractivity contribution in [3.05, 3.63) is 59.2 Å². The van der Waals surface area contributed by atoms with Gasteiger partial charge in [-0.3, -0.25) is 5.84 Å². The quantitative estimate of drug-likeness (QED) is 0.557. The lowest BCUT2D eigenvalue weighted by atomic mass is 10.0. The maximum Gasteiger partial charge on any atom is 0.0740 e. The molecule has 5 heteroatoms. The van der Waals surface area contributed by atoms with E-state index in [1.54, 1.807) is 23.7 Å². The number of nitrogens with zero attached hydrogens (tertiary/aromatic N) is 2. The Hall–Kier alpha value is -1.82. The molecule has 0 spiro atoms. The highest BCUT2D eigenvalue weighted by molar-refractivity contribution is 7.17. The van der Waals surface area contributed by atoms with Crippen LogP contribution in [-0.4, -0.2) is 10.2 Å². The van der Waals surface area contributed by atoms with Crippen LogP contribution in [0, 0.1) is 0 Å². The molecule has 4 nitrogen and oxygen atoms in total. The molecule has 1 unspecified atom stereocenters. The van der Waals surface area contributed by atoms with E-state index in [0.717, 1.165) is 11.1 Å². The minimum absolute atomic E-state index is 0.0668. The van der Waals surface area contributed by atoms with Crippen LogP contribution in [0.4, 0.5) is 0 Å². The summed E-state index contributed by atoms with van der Waals surface area (Å²) in [7, 11) is 0. The minimum Gasteiger partial charge on any atom is -0.271 e. The van der Waals surface area contributed by atoms with Gasteiger partial charge in [0.05, 0.1) is 12.2 Å². The van der Waals surface area contributed by atoms with Gasteiger partial charge in [0.25, 0.3) is 0 Å². The van der Waals surface area contributed by atoms with E-state index in [0.29, 0.717) is 0 Å². The second-order valence-corrected chi connectivity index (χ2v) is 4.88. The summed E-state index contributed by atoms with van der Waals surface area (Å²) in [5, 5.41) is 11.0. The smallest absolute Gasteiger partial charge is 0.0740 e. The molecule has 90 valence electrons. The Morgan fingerprint density at radius 3 is 2.89 bits per heavy atom. The lowest BCUT2D eigenvalue weighted by Gasteiger charge is -2.16. The normalized spacial score (nSPS) is 12.7. The summed E-state index contributed by atoms with van der Waals surface area (Å²) in [6, 6.07) is 10.2. The number of benzene rings is 1. The summed E-state index contributed by atoms with van der Waals surface area (Å²) in [5.74, 6) is 5.70. The van der Waals surface area contributed by atoms with Gasteiger partial charge in [-0.25, -0.2) is 5.43 Å². The first-order valence-electron chi connectivity index (χ1n) is 5.59. The van der Waals surface area contributed by atoms with Gasteiger partial charge in [-0.15, -0.1) is 11.3 Å². The Morgan fingerprint density at radius 1 is 1.17 bits per heavy atom. The molecule has 2 aromatic heterocycles. The number of nitrogens with two attached hydrogens (primary N) is 1. The molecule has 18 heavy (non-hydrogen) atoms. The van der Waals surface area contributed by atoms with Crippen LogP contribution in [0.25, 0.3) is 10.1 Å². The van der Waals surface area contributed by atoms with Crippen LogP contribution in [0.15, 0.2) is 48.1 Å². The van der Waals surface area contributed by atoms with Crippen LogP contribution in [0.1, 0.15) is 17.2 Å². The lowest BCUT2D eigenvalue weighted by molar-refractivity contribution is 0.637. The molecule has 0 aliphatic carbocycles. The Labute approximate surface area is 108 Å². The molecule has 3 N–H and O–H groups in total. The largest absolute Gasteiger partial charge is 0.271 e. The van der Waals surface area contributed by atoms with Crippen molar-refractivity contribution < 1.29 is 0 Å². The molecular formula is C13H12N4S. The van der Waals surface area contributed by atoms with Crippen LogP contribution < -0.4 is 11.3 Å². The predicted molar refractivity (Wildman–Crippen MR) is 73.0 cm³/mol. The van der Waals surface area contributed by atoms with Crippen LogP contribution in [-0.2, 0) is 0 Å². The number of hydrogen-bond acceptors (Lipinski definition) is 5. The summed E-state index contributed by atoms with van der Waals surface area (Å²) in [4.78, 5) is 0. The predicted octanol–water partition coefficient (Wildman–Crippen LogP) is 2.24. The van der Waals surface area contributed by atoms with Gasteiger partial charge < -0.3 is 0 Å². The van der Waals surface area contributed by atoms with Crippen LogP contribution in [0.2, 0.25) is 0 Å². The fourth-order valence-electron chi connectivity index (χ4n) is 2.08. The first kappa shape index (κ1) is 11.3. The van der Waals surface area contributed by atoms with Crippen LogP contribution in [0.5, 0.6) is 0 Å². The third-order valence-corrected chi connectivity index (χ3v) is 3.91. The monoisotopic (exact) mass is 256 g/mol. The zero-order chi connectivity index (χ0) is 12.4. The molecule has 3 rings (SSSR count). The highest BCUT2D eigenvalue weighted by atomic mass is 32.1. The van der Waals surface area contributed by atoms with Crippen molar-refractivity contribution in [2.75, 3.05) is 0 Å². The third-order valence-electron chi connectivity index (χ3n) is 2.93. The van der Waals surface area contributed by atoms with Crippen molar-refractivity contribution in [1.29, 1.82) is 0 Å². The second-order valence-electron chi connectivity index (χ2n) is 3.96. The summed E-state index contributed by atoms with van der Waals surface area (Å²) in [6.45, 7) is 0. The molecule has 0 amide bonds. The average molecular weight is 256 g/mol. The average Bonchev–Trinajstić information content (AvgIpc) is 2.90. The van der Waals surface area contributed by atoms with Gasteiger partial charge in [0.2, 0.25) is 0 Å². The fraction of sp³-hybridized carbons (Fsp3) is 0.0769. The minimum atomic E-state index is -0.0668. The van der Waals surface area contributed by atoms with E-state index in [4.69, 9.17) is 5.84 Å². The standard InChI is InChI=1S/C13H12N4S/c14-17-12(10-4-6-15-16-8-10)11-3-1-2-9-5-7-18-13(9)11/h1-8,12,17H,14H2. The first-order chi connectivity index (χ1) is 8.90. The maximum atomic E-state index is 5.70. The van der Waals surface area contributed by atoms with Gasteiger partial charge in [-0.05, 0) is 34.0 Å². The molecule has 1 aromatic carbocycles. The highest BCUT2D eigenvalue weighted by Gasteiger charge is 2.15. The van der Waals surface area contributed by atoms with E-state index < -0.39 is 0 Å². The molecular weight excluding hydrogens is 244 g/mol. The topological polar surface area (TPSA) is 63.8 Å². The zero-order valence-electron chi connectivity index (χ0n) is 9.58. The molecule has 2 heterocycles. The van der Waals surface area contributed by atoms with Gasteiger partial charge in [-0.1, -0.05) is 18.2 Å². The van der Waals surface area contributed by atoms with Crippen molar-refractivity contribution in [3.63, 3.8) is 0 Å². The number of thiophene rings is 1. The Kier molecular flexibility index (Phi) is 3.02. The van der Waals surface area contributed by atoms with Crippen molar-refractivity contribution in [2.24, 2.45) is 5.84 Å². The van der Waals surface area contributed by atoms with Crippen LogP contribution in [0.3, 0.4) is 0 Å². The van der Waals surface area contributed by atoms with Gasteiger partial charge in [0, 0.05) is 10.9 Å². The third kappa shape index (κ3) is 1.88. The second kappa shape index (κ2) is 4.81. The maximum absolute atomic E-state index is 5.70. The highest BCUT2D eigenvalue weighted by Crippen LogP contribution is 2.31. The Bertz CT molecular complexity index is 650. The van der Waals surface area contributed by atoms with E-state index in [1.165, 1.54) is 10.1 Å². The van der Waals surface area contributed by atoms with Crippen molar-refractivity contribution in [3.8, 4) is 0 Å². The van der Waals surface area contributed by atoms with Crippen molar-refractivity contribution >= 4 is 21.4 Å². The number of hydrazine groups is 1. The van der Waals surface area contributed by atoms with Gasteiger partial charge >= 0.3 is 0 Å². The lowest BCUT2D eigenvalue weighted by Crippen LogP contribution is -2.29. The van der Waals surface area contributed by atoms with E-state index in [1.807, 2.05) is 12.1 Å². The summed E-state index contributed by atoms with van der Waals surface area (Å²) in [6.07, 6.45) is 3.41. The summed E-state index contributed by atoms with van der Waals surface area (Å²) >= 11 is 1.72. The molecule has 0 saturated carbocycles. The van der Waals surface area contributed by atoms with Gasteiger partial charge in [0.1, 0.15) is 0 Å². The molecule has 1 atom stereocenters.